The lowest BCUT2D eigenvalue weighted by atomic mass is 9.70. The predicted octanol–water partition coefficient (Wildman–Crippen LogP) is 4.32. The minimum atomic E-state index is -0.627. The number of carbonyl (C=O) groups is 2. The van der Waals surface area contributed by atoms with Crippen molar-refractivity contribution >= 4 is 23.3 Å². The third kappa shape index (κ3) is 3.16. The molecule has 1 aliphatic rings. The number of aromatic nitrogens is 1. The van der Waals surface area contributed by atoms with Crippen LogP contribution < -0.4 is 5.32 Å². The number of carbonyl (C=O) groups excluding carboxylic acids is 2. The summed E-state index contributed by atoms with van der Waals surface area (Å²) < 4.78 is 5.30. The first-order valence-electron chi connectivity index (χ1n) is 8.71. The Hall–Kier alpha value is -2.14. The Bertz CT molecular complexity index is 883. The number of Topliss-reactive ketones (excluding diaryl/α,β-unsaturated/α-hetero) is 1. The fourth-order valence-corrected chi connectivity index (χ4v) is 3.77. The molecule has 3 rings (SSSR count). The van der Waals surface area contributed by atoms with Crippen LogP contribution in [0.25, 0.3) is 0 Å². The SMILES string of the molecule is Cc1noc(C(C)C)c1C(=O)NC1C(=O)c2ccc(Cl)cc2CC1(C)C. The van der Waals surface area contributed by atoms with E-state index in [0.717, 1.165) is 5.56 Å². The van der Waals surface area contributed by atoms with Gasteiger partial charge in [0.25, 0.3) is 5.91 Å². The number of ketones is 1. The molecule has 26 heavy (non-hydrogen) atoms. The third-order valence-electron chi connectivity index (χ3n) is 4.94. The number of rotatable bonds is 3. The Morgan fingerprint density at radius 2 is 2.08 bits per heavy atom. The van der Waals surface area contributed by atoms with Crippen molar-refractivity contribution in [2.24, 2.45) is 5.41 Å². The van der Waals surface area contributed by atoms with Crippen LogP contribution in [0.3, 0.4) is 0 Å². The summed E-state index contributed by atoms with van der Waals surface area (Å²) in [5.41, 5.74) is 2.05. The highest BCUT2D eigenvalue weighted by Crippen LogP contribution is 2.36. The second kappa shape index (κ2) is 6.54. The maximum atomic E-state index is 13.1. The molecule has 1 heterocycles. The lowest BCUT2D eigenvalue weighted by Crippen LogP contribution is -2.53. The van der Waals surface area contributed by atoms with Gasteiger partial charge in [0.05, 0.1) is 11.7 Å². The monoisotopic (exact) mass is 374 g/mol. The van der Waals surface area contributed by atoms with Crippen molar-refractivity contribution in [3.8, 4) is 0 Å². The number of halogens is 1. The molecule has 1 atom stereocenters. The molecule has 0 aliphatic heterocycles. The van der Waals surface area contributed by atoms with Crippen molar-refractivity contribution in [2.75, 3.05) is 0 Å². The second-order valence-corrected chi connectivity index (χ2v) is 8.34. The van der Waals surface area contributed by atoms with Crippen LogP contribution in [0.2, 0.25) is 5.02 Å². The van der Waals surface area contributed by atoms with Gasteiger partial charge >= 0.3 is 0 Å². The van der Waals surface area contributed by atoms with E-state index in [2.05, 4.69) is 10.5 Å². The number of benzene rings is 1. The van der Waals surface area contributed by atoms with Crippen molar-refractivity contribution in [1.82, 2.24) is 10.5 Å². The summed E-state index contributed by atoms with van der Waals surface area (Å²) in [6.07, 6.45) is 0.652. The molecule has 1 amide bonds. The summed E-state index contributed by atoms with van der Waals surface area (Å²) >= 11 is 6.07. The molecular formula is C20H23ClN2O3. The number of nitrogens with zero attached hydrogens (tertiary/aromatic N) is 1. The van der Waals surface area contributed by atoms with Crippen molar-refractivity contribution in [3.63, 3.8) is 0 Å². The van der Waals surface area contributed by atoms with Gasteiger partial charge < -0.3 is 9.84 Å². The highest BCUT2D eigenvalue weighted by molar-refractivity contribution is 6.30. The summed E-state index contributed by atoms with van der Waals surface area (Å²) in [4.78, 5) is 26.0. The number of aryl methyl sites for hydroxylation is 1. The highest BCUT2D eigenvalue weighted by Gasteiger charge is 2.42. The Balaban J connectivity index is 1.94. The van der Waals surface area contributed by atoms with Gasteiger partial charge in [-0.2, -0.15) is 0 Å². The van der Waals surface area contributed by atoms with Gasteiger partial charge in [-0.3, -0.25) is 9.59 Å². The predicted molar refractivity (Wildman–Crippen MR) is 99.9 cm³/mol. The van der Waals surface area contributed by atoms with Crippen LogP contribution in [0.1, 0.15) is 71.3 Å². The van der Waals surface area contributed by atoms with Gasteiger partial charge in [-0.15, -0.1) is 0 Å². The Kier molecular flexibility index (Phi) is 4.69. The fraction of sp³-hybridized carbons (Fsp3) is 0.450. The Labute approximate surface area is 158 Å². The molecule has 5 nitrogen and oxygen atoms in total. The summed E-state index contributed by atoms with van der Waals surface area (Å²) in [6.45, 7) is 9.56. The molecule has 0 radical (unpaired) electrons. The van der Waals surface area contributed by atoms with Gasteiger partial charge in [0.1, 0.15) is 5.56 Å². The van der Waals surface area contributed by atoms with E-state index >= 15 is 0 Å². The summed E-state index contributed by atoms with van der Waals surface area (Å²) in [5, 5.41) is 7.46. The molecule has 1 aromatic carbocycles. The normalized spacial score (nSPS) is 18.7. The smallest absolute Gasteiger partial charge is 0.257 e. The zero-order chi connectivity index (χ0) is 19.2. The lowest BCUT2D eigenvalue weighted by molar-refractivity contribution is 0.0745. The zero-order valence-electron chi connectivity index (χ0n) is 15.6. The second-order valence-electron chi connectivity index (χ2n) is 7.90. The van der Waals surface area contributed by atoms with E-state index in [0.29, 0.717) is 34.0 Å². The highest BCUT2D eigenvalue weighted by atomic mass is 35.5. The van der Waals surface area contributed by atoms with Gasteiger partial charge in [-0.05, 0) is 42.5 Å². The standard InChI is InChI=1S/C20H23ClN2O3/c1-10(2)17-15(11(3)23-26-17)19(25)22-18-16(24)14-7-6-13(21)8-12(14)9-20(18,4)5/h6-8,10,18H,9H2,1-5H3,(H,22,25). The molecular weight excluding hydrogens is 352 g/mol. The van der Waals surface area contributed by atoms with Gasteiger partial charge in [-0.1, -0.05) is 44.5 Å². The molecule has 0 spiro atoms. The molecule has 138 valence electrons. The fourth-order valence-electron chi connectivity index (χ4n) is 3.57. The van der Waals surface area contributed by atoms with Crippen LogP contribution in [0.15, 0.2) is 22.7 Å². The first kappa shape index (κ1) is 18.6. The largest absolute Gasteiger partial charge is 0.360 e. The molecule has 1 aliphatic carbocycles. The van der Waals surface area contributed by atoms with E-state index < -0.39 is 11.5 Å². The van der Waals surface area contributed by atoms with Gasteiger partial charge in [0, 0.05) is 16.5 Å². The van der Waals surface area contributed by atoms with Gasteiger partial charge in [-0.25, -0.2) is 0 Å². The van der Waals surface area contributed by atoms with E-state index in [9.17, 15) is 9.59 Å². The summed E-state index contributed by atoms with van der Waals surface area (Å²) in [7, 11) is 0. The number of hydrogen-bond donors (Lipinski definition) is 1. The number of amides is 1. The van der Waals surface area contributed by atoms with Crippen LogP contribution in [-0.4, -0.2) is 22.9 Å². The minimum Gasteiger partial charge on any atom is -0.360 e. The zero-order valence-corrected chi connectivity index (χ0v) is 16.4. The van der Waals surface area contributed by atoms with Crippen LogP contribution in [0.4, 0.5) is 0 Å². The lowest BCUT2D eigenvalue weighted by Gasteiger charge is -2.38. The van der Waals surface area contributed by atoms with Crippen LogP contribution in [-0.2, 0) is 6.42 Å². The van der Waals surface area contributed by atoms with Crippen LogP contribution >= 0.6 is 11.6 Å². The van der Waals surface area contributed by atoms with Crippen molar-refractivity contribution in [1.29, 1.82) is 0 Å². The Morgan fingerprint density at radius 3 is 2.73 bits per heavy atom. The summed E-state index contributed by atoms with van der Waals surface area (Å²) in [6, 6.07) is 4.64. The average molecular weight is 375 g/mol. The van der Waals surface area contributed by atoms with E-state index in [1.807, 2.05) is 33.8 Å². The molecule has 6 heteroatoms. The van der Waals surface area contributed by atoms with Gasteiger partial charge in [0.2, 0.25) is 0 Å². The molecule has 0 bridgehead atoms. The summed E-state index contributed by atoms with van der Waals surface area (Å²) in [5.74, 6) is 0.140. The van der Waals surface area contributed by atoms with Crippen molar-refractivity contribution in [2.45, 2.75) is 53.0 Å². The molecule has 0 saturated heterocycles. The molecule has 1 N–H and O–H groups in total. The number of nitrogens with one attached hydrogen (secondary N) is 1. The van der Waals surface area contributed by atoms with Gasteiger partial charge in [0.15, 0.2) is 11.5 Å². The average Bonchev–Trinajstić information content (AvgIpc) is 2.92. The van der Waals surface area contributed by atoms with E-state index in [1.54, 1.807) is 19.1 Å². The third-order valence-corrected chi connectivity index (χ3v) is 5.17. The topological polar surface area (TPSA) is 72.2 Å². The van der Waals surface area contributed by atoms with Crippen LogP contribution in [0, 0.1) is 12.3 Å². The van der Waals surface area contributed by atoms with Crippen LogP contribution in [0.5, 0.6) is 0 Å². The number of hydrogen-bond acceptors (Lipinski definition) is 4. The Morgan fingerprint density at radius 1 is 1.38 bits per heavy atom. The van der Waals surface area contributed by atoms with Crippen molar-refractivity contribution < 1.29 is 14.1 Å². The van der Waals surface area contributed by atoms with E-state index in [4.69, 9.17) is 16.1 Å². The van der Waals surface area contributed by atoms with E-state index in [1.165, 1.54) is 0 Å². The molecule has 0 fully saturated rings. The van der Waals surface area contributed by atoms with Crippen molar-refractivity contribution in [3.05, 3.63) is 51.4 Å². The first-order chi connectivity index (χ1) is 12.1. The molecule has 2 aromatic rings. The number of fused-ring (bicyclic) bond motifs is 1. The maximum Gasteiger partial charge on any atom is 0.257 e. The molecule has 1 aromatic heterocycles. The minimum absolute atomic E-state index is 0.0230. The van der Waals surface area contributed by atoms with E-state index in [-0.39, 0.29) is 17.6 Å². The molecule has 0 saturated carbocycles. The maximum absolute atomic E-state index is 13.1. The quantitative estimate of drug-likeness (QED) is 0.868. The first-order valence-corrected chi connectivity index (χ1v) is 9.09. The molecule has 1 unspecified atom stereocenters.